The van der Waals surface area contributed by atoms with Gasteiger partial charge in [-0.15, -0.1) is 0 Å². The van der Waals surface area contributed by atoms with Crippen LogP contribution in [0, 0.1) is 25.7 Å². The largest absolute Gasteiger partial charge is 0.496 e. The summed E-state index contributed by atoms with van der Waals surface area (Å²) in [4.78, 5) is 11.2. The fraction of sp³-hybridized carbons (Fsp3) is 0.562. The van der Waals surface area contributed by atoms with Crippen LogP contribution in [0.3, 0.4) is 0 Å². The van der Waals surface area contributed by atoms with E-state index in [1.807, 2.05) is 6.92 Å². The van der Waals surface area contributed by atoms with Crippen molar-refractivity contribution in [2.24, 2.45) is 11.8 Å². The van der Waals surface area contributed by atoms with Crippen LogP contribution in [0.4, 0.5) is 0 Å². The van der Waals surface area contributed by atoms with Crippen LogP contribution in [0.1, 0.15) is 35.6 Å². The van der Waals surface area contributed by atoms with E-state index in [1.165, 1.54) is 22.3 Å². The zero-order valence-electron chi connectivity index (χ0n) is 12.1. The van der Waals surface area contributed by atoms with E-state index < -0.39 is 5.97 Å². The molecule has 0 aliphatic heterocycles. The Balaban J connectivity index is 2.38. The quantitative estimate of drug-likeness (QED) is 0.910. The van der Waals surface area contributed by atoms with Crippen molar-refractivity contribution in [2.75, 3.05) is 7.11 Å². The van der Waals surface area contributed by atoms with Crippen LogP contribution in [0.15, 0.2) is 6.07 Å². The van der Waals surface area contributed by atoms with Gasteiger partial charge in [-0.3, -0.25) is 4.79 Å². The minimum atomic E-state index is -0.689. The molecular formula is C16H22O3. The molecule has 19 heavy (non-hydrogen) atoms. The van der Waals surface area contributed by atoms with Crippen LogP contribution in [-0.2, 0) is 17.6 Å². The number of hydrogen-bond acceptors (Lipinski definition) is 2. The topological polar surface area (TPSA) is 46.5 Å². The third-order valence-electron chi connectivity index (χ3n) is 4.56. The molecule has 2 rings (SSSR count). The molecule has 3 nitrogen and oxygen atoms in total. The second-order valence-corrected chi connectivity index (χ2v) is 5.61. The number of aliphatic carboxylic acids is 1. The van der Waals surface area contributed by atoms with Crippen molar-refractivity contribution in [3.05, 3.63) is 28.3 Å². The van der Waals surface area contributed by atoms with Gasteiger partial charge in [0, 0.05) is 0 Å². The lowest BCUT2D eigenvalue weighted by Crippen LogP contribution is -2.27. The number of aryl methyl sites for hydroxylation is 1. The van der Waals surface area contributed by atoms with E-state index in [2.05, 4.69) is 19.9 Å². The first-order valence-corrected chi connectivity index (χ1v) is 6.84. The van der Waals surface area contributed by atoms with Crippen molar-refractivity contribution in [1.82, 2.24) is 0 Å². The van der Waals surface area contributed by atoms with Crippen LogP contribution in [-0.4, -0.2) is 18.2 Å². The van der Waals surface area contributed by atoms with E-state index in [1.54, 1.807) is 7.11 Å². The lowest BCUT2D eigenvalue weighted by molar-refractivity contribution is -0.143. The highest BCUT2D eigenvalue weighted by atomic mass is 16.5. The van der Waals surface area contributed by atoms with Gasteiger partial charge in [0.05, 0.1) is 13.0 Å². The van der Waals surface area contributed by atoms with Gasteiger partial charge in [-0.1, -0.05) is 6.92 Å². The van der Waals surface area contributed by atoms with Crippen LogP contribution in [0.2, 0.25) is 0 Å². The van der Waals surface area contributed by atoms with Crippen molar-refractivity contribution in [1.29, 1.82) is 0 Å². The summed E-state index contributed by atoms with van der Waals surface area (Å²) in [5, 5.41) is 9.18. The Kier molecular flexibility index (Phi) is 3.83. The lowest BCUT2D eigenvalue weighted by atomic mass is 9.75. The molecule has 0 heterocycles. The molecule has 0 spiro atoms. The SMILES string of the molecule is COc1cc(C)c2c(c1C)C[C@@H](C(C)C(=O)O)CC2. The molecule has 1 N–H and O–H groups in total. The Morgan fingerprint density at radius 3 is 2.68 bits per heavy atom. The number of carbonyl (C=O) groups is 1. The number of ether oxygens (including phenoxy) is 1. The van der Waals surface area contributed by atoms with E-state index >= 15 is 0 Å². The van der Waals surface area contributed by atoms with Gasteiger partial charge in [0.15, 0.2) is 0 Å². The summed E-state index contributed by atoms with van der Waals surface area (Å²) in [5.74, 6) is 0.180. The number of carboxylic acid groups (broad SMARTS) is 1. The highest BCUT2D eigenvalue weighted by molar-refractivity contribution is 5.70. The Hall–Kier alpha value is -1.51. The third-order valence-corrected chi connectivity index (χ3v) is 4.56. The Labute approximate surface area is 114 Å². The highest BCUT2D eigenvalue weighted by Crippen LogP contribution is 2.37. The van der Waals surface area contributed by atoms with Gasteiger partial charge in [-0.25, -0.2) is 0 Å². The average Bonchev–Trinajstić information content (AvgIpc) is 2.41. The number of fused-ring (bicyclic) bond motifs is 1. The number of benzene rings is 1. The first-order chi connectivity index (χ1) is 8.95. The van der Waals surface area contributed by atoms with E-state index in [0.29, 0.717) is 0 Å². The maximum Gasteiger partial charge on any atom is 0.306 e. The van der Waals surface area contributed by atoms with E-state index in [9.17, 15) is 9.90 Å². The van der Waals surface area contributed by atoms with Crippen LogP contribution in [0.5, 0.6) is 5.75 Å². The molecule has 0 bridgehead atoms. The predicted octanol–water partition coefficient (Wildman–Crippen LogP) is 3.14. The normalized spacial score (nSPS) is 19.7. The van der Waals surface area contributed by atoms with Gasteiger partial charge in [0.1, 0.15) is 5.75 Å². The summed E-state index contributed by atoms with van der Waals surface area (Å²) in [5.41, 5.74) is 5.14. The van der Waals surface area contributed by atoms with Crippen LogP contribution < -0.4 is 4.74 Å². The number of hydrogen-bond donors (Lipinski definition) is 1. The minimum Gasteiger partial charge on any atom is -0.496 e. The smallest absolute Gasteiger partial charge is 0.306 e. The monoisotopic (exact) mass is 262 g/mol. The molecule has 1 aliphatic rings. The van der Waals surface area contributed by atoms with E-state index in [4.69, 9.17) is 4.74 Å². The van der Waals surface area contributed by atoms with E-state index in [-0.39, 0.29) is 11.8 Å². The molecule has 0 saturated heterocycles. The average molecular weight is 262 g/mol. The minimum absolute atomic E-state index is 0.232. The summed E-state index contributed by atoms with van der Waals surface area (Å²) in [6.07, 6.45) is 2.80. The number of rotatable bonds is 3. The summed E-state index contributed by atoms with van der Waals surface area (Å²) >= 11 is 0. The molecule has 0 fully saturated rings. The highest BCUT2D eigenvalue weighted by Gasteiger charge is 2.29. The first kappa shape index (κ1) is 13.9. The fourth-order valence-electron chi connectivity index (χ4n) is 3.16. The van der Waals surface area contributed by atoms with Gasteiger partial charge in [0.2, 0.25) is 0 Å². The van der Waals surface area contributed by atoms with Gasteiger partial charge < -0.3 is 9.84 Å². The van der Waals surface area contributed by atoms with Crippen molar-refractivity contribution >= 4 is 5.97 Å². The summed E-state index contributed by atoms with van der Waals surface area (Å²) < 4.78 is 5.42. The molecule has 0 amide bonds. The molecule has 0 radical (unpaired) electrons. The summed E-state index contributed by atoms with van der Waals surface area (Å²) in [7, 11) is 1.69. The molecule has 2 atom stereocenters. The van der Waals surface area contributed by atoms with Crippen molar-refractivity contribution in [3.8, 4) is 5.75 Å². The predicted molar refractivity (Wildman–Crippen MR) is 74.8 cm³/mol. The van der Waals surface area contributed by atoms with Crippen LogP contribution >= 0.6 is 0 Å². The summed E-state index contributed by atoms with van der Waals surface area (Å²) in [6, 6.07) is 2.09. The van der Waals surface area contributed by atoms with Gasteiger partial charge in [0.25, 0.3) is 0 Å². The second kappa shape index (κ2) is 5.24. The fourth-order valence-corrected chi connectivity index (χ4v) is 3.16. The molecule has 1 unspecified atom stereocenters. The molecular weight excluding hydrogens is 240 g/mol. The number of methoxy groups -OCH3 is 1. The Morgan fingerprint density at radius 2 is 2.11 bits per heavy atom. The second-order valence-electron chi connectivity index (χ2n) is 5.61. The molecule has 1 aliphatic carbocycles. The van der Waals surface area contributed by atoms with Gasteiger partial charge in [-0.2, -0.15) is 0 Å². The van der Waals surface area contributed by atoms with Gasteiger partial charge >= 0.3 is 5.97 Å². The molecule has 3 heteroatoms. The summed E-state index contributed by atoms with van der Waals surface area (Å²) in [6.45, 7) is 6.01. The van der Waals surface area contributed by atoms with Crippen molar-refractivity contribution in [2.45, 2.75) is 40.0 Å². The van der Waals surface area contributed by atoms with Crippen molar-refractivity contribution < 1.29 is 14.6 Å². The molecule has 1 aromatic carbocycles. The molecule has 0 saturated carbocycles. The zero-order chi connectivity index (χ0) is 14.2. The lowest BCUT2D eigenvalue weighted by Gasteiger charge is -2.30. The number of carboxylic acids is 1. The Morgan fingerprint density at radius 1 is 1.42 bits per heavy atom. The standard InChI is InChI=1S/C16H22O3/c1-9-7-15(19-4)11(3)14-8-12(5-6-13(9)14)10(2)16(17)18/h7,10,12H,5-6,8H2,1-4H3,(H,17,18)/t10?,12-/m0/s1. The molecule has 0 aromatic heterocycles. The zero-order valence-corrected chi connectivity index (χ0v) is 12.1. The van der Waals surface area contributed by atoms with Crippen molar-refractivity contribution in [3.63, 3.8) is 0 Å². The molecule has 1 aromatic rings. The third kappa shape index (κ3) is 2.46. The molecule has 104 valence electrons. The van der Waals surface area contributed by atoms with Gasteiger partial charge in [-0.05, 0) is 67.3 Å². The maximum absolute atomic E-state index is 11.2. The van der Waals surface area contributed by atoms with Crippen LogP contribution in [0.25, 0.3) is 0 Å². The Bertz CT molecular complexity index is 505. The maximum atomic E-state index is 11.2. The first-order valence-electron chi connectivity index (χ1n) is 6.84. The van der Waals surface area contributed by atoms with E-state index in [0.717, 1.165) is 25.0 Å².